The lowest BCUT2D eigenvalue weighted by molar-refractivity contribution is -0.148. The van der Waals surface area contributed by atoms with Crippen molar-refractivity contribution in [2.24, 2.45) is 22.1 Å². The van der Waals surface area contributed by atoms with Gasteiger partial charge in [0.2, 0.25) is 0 Å². The molecule has 2 unspecified atom stereocenters. The lowest BCUT2D eigenvalue weighted by Gasteiger charge is -2.09. The molecule has 0 aromatic heterocycles. The third-order valence-electron chi connectivity index (χ3n) is 3.27. The molecule has 6 nitrogen and oxygen atoms in total. The van der Waals surface area contributed by atoms with E-state index in [0.717, 1.165) is 25.7 Å². The van der Waals surface area contributed by atoms with Crippen molar-refractivity contribution in [2.45, 2.75) is 53.4 Å². The third kappa shape index (κ3) is 10.3. The summed E-state index contributed by atoms with van der Waals surface area (Å²) in [4.78, 5) is 22.8. The van der Waals surface area contributed by atoms with E-state index in [1.54, 1.807) is 0 Å². The van der Waals surface area contributed by atoms with Gasteiger partial charge in [0.05, 0.1) is 38.1 Å². The first-order chi connectivity index (χ1) is 10.5. The minimum atomic E-state index is -0.146. The molecule has 0 aromatic carbocycles. The molecule has 0 N–H and O–H groups in total. The van der Waals surface area contributed by atoms with Crippen LogP contribution in [0.3, 0.4) is 0 Å². The van der Waals surface area contributed by atoms with Gasteiger partial charge in [-0.3, -0.25) is 9.59 Å². The molecule has 0 spiro atoms. The quantitative estimate of drug-likeness (QED) is 0.314. The number of ether oxygens (including phenoxy) is 2. The summed E-state index contributed by atoms with van der Waals surface area (Å²) < 4.78 is 9.88. The van der Waals surface area contributed by atoms with Crippen LogP contribution in [-0.2, 0) is 19.1 Å². The summed E-state index contributed by atoms with van der Waals surface area (Å²) in [6.45, 7) is 9.44. The second kappa shape index (κ2) is 13.2. The van der Waals surface area contributed by atoms with Crippen molar-refractivity contribution in [2.75, 3.05) is 26.3 Å². The highest BCUT2D eigenvalue weighted by atomic mass is 16.5. The van der Waals surface area contributed by atoms with Gasteiger partial charge in [0.1, 0.15) is 0 Å². The number of hydrogen-bond acceptors (Lipinski definition) is 6. The van der Waals surface area contributed by atoms with Gasteiger partial charge in [0.15, 0.2) is 0 Å². The molecule has 6 heteroatoms. The Balaban J connectivity index is 3.59. The Kier molecular flexibility index (Phi) is 12.3. The maximum atomic E-state index is 11.4. The van der Waals surface area contributed by atoms with Crippen molar-refractivity contribution in [1.29, 1.82) is 0 Å². The van der Waals surface area contributed by atoms with Crippen LogP contribution < -0.4 is 0 Å². The van der Waals surface area contributed by atoms with E-state index in [1.807, 2.05) is 27.7 Å². The van der Waals surface area contributed by atoms with Gasteiger partial charge in [0, 0.05) is 0 Å². The fraction of sp³-hybridized carbons (Fsp3) is 0.875. The zero-order chi connectivity index (χ0) is 16.8. The van der Waals surface area contributed by atoms with Crippen molar-refractivity contribution in [3.05, 3.63) is 0 Å². The van der Waals surface area contributed by atoms with Crippen LogP contribution in [0.25, 0.3) is 0 Å². The topological polar surface area (TPSA) is 77.3 Å². The molecule has 0 saturated carbocycles. The molecule has 0 aromatic rings. The van der Waals surface area contributed by atoms with Gasteiger partial charge >= 0.3 is 11.9 Å². The summed E-state index contributed by atoms with van der Waals surface area (Å²) in [5.41, 5.74) is 0. The van der Waals surface area contributed by atoms with E-state index in [0.29, 0.717) is 26.3 Å². The molecule has 0 aliphatic heterocycles. The summed E-state index contributed by atoms with van der Waals surface area (Å²) in [5.74, 6) is -0.457. The van der Waals surface area contributed by atoms with Gasteiger partial charge in [-0.2, -0.15) is 10.2 Å². The molecule has 0 saturated heterocycles. The molecule has 0 aliphatic carbocycles. The van der Waals surface area contributed by atoms with Crippen molar-refractivity contribution in [1.82, 2.24) is 0 Å². The molecule has 22 heavy (non-hydrogen) atoms. The van der Waals surface area contributed by atoms with Crippen LogP contribution in [0.1, 0.15) is 53.4 Å². The molecule has 0 aliphatic rings. The molecule has 128 valence electrons. The Morgan fingerprint density at radius 2 is 1.18 bits per heavy atom. The Morgan fingerprint density at radius 3 is 1.50 bits per heavy atom. The van der Waals surface area contributed by atoms with Crippen molar-refractivity contribution >= 4 is 11.9 Å². The van der Waals surface area contributed by atoms with Crippen LogP contribution in [0.2, 0.25) is 0 Å². The predicted octanol–water partition coefficient (Wildman–Crippen LogP) is 3.40. The van der Waals surface area contributed by atoms with Crippen molar-refractivity contribution in [3.63, 3.8) is 0 Å². The van der Waals surface area contributed by atoms with Crippen LogP contribution in [0.4, 0.5) is 0 Å². The molecule has 0 bridgehead atoms. The van der Waals surface area contributed by atoms with Gasteiger partial charge in [0.25, 0.3) is 0 Å². The van der Waals surface area contributed by atoms with Crippen LogP contribution in [-0.4, -0.2) is 38.2 Å². The second-order valence-corrected chi connectivity index (χ2v) is 5.32. The number of azo groups is 1. The van der Waals surface area contributed by atoms with E-state index >= 15 is 0 Å². The lowest BCUT2D eigenvalue weighted by Crippen LogP contribution is -2.14. The van der Waals surface area contributed by atoms with Crippen LogP contribution in [0.15, 0.2) is 10.2 Å². The van der Waals surface area contributed by atoms with E-state index in [9.17, 15) is 9.59 Å². The minimum Gasteiger partial charge on any atom is -0.466 e. The number of esters is 2. The SMILES string of the molecule is CCOC(=O)C(C)CCCN=NCCCC(C)C(=O)OCC. The number of hydrogen-bond donors (Lipinski definition) is 0. The van der Waals surface area contributed by atoms with Gasteiger partial charge in [-0.1, -0.05) is 13.8 Å². The van der Waals surface area contributed by atoms with Gasteiger partial charge in [-0.05, 0) is 39.5 Å². The first-order valence-corrected chi connectivity index (χ1v) is 8.19. The molecular weight excluding hydrogens is 284 g/mol. The van der Waals surface area contributed by atoms with Gasteiger partial charge < -0.3 is 9.47 Å². The Morgan fingerprint density at radius 1 is 0.818 bits per heavy atom. The number of rotatable bonds is 12. The largest absolute Gasteiger partial charge is 0.466 e. The summed E-state index contributed by atoms with van der Waals surface area (Å²) >= 11 is 0. The first kappa shape index (κ1) is 20.5. The standard InChI is InChI=1S/C16H30N2O4/c1-5-21-15(19)13(3)9-7-11-17-18-12-8-10-14(4)16(20)22-6-2/h13-14H,5-12H2,1-4H3. The highest BCUT2D eigenvalue weighted by Gasteiger charge is 2.13. The fourth-order valence-electron chi connectivity index (χ4n) is 1.88. The average molecular weight is 314 g/mol. The molecule has 0 heterocycles. The summed E-state index contributed by atoms with van der Waals surface area (Å²) in [6.07, 6.45) is 3.17. The van der Waals surface area contributed by atoms with E-state index in [1.165, 1.54) is 0 Å². The zero-order valence-electron chi connectivity index (χ0n) is 14.3. The Hall–Kier alpha value is -1.46. The third-order valence-corrected chi connectivity index (χ3v) is 3.27. The predicted molar refractivity (Wildman–Crippen MR) is 84.7 cm³/mol. The lowest BCUT2D eigenvalue weighted by atomic mass is 10.1. The summed E-state index contributed by atoms with van der Waals surface area (Å²) in [7, 11) is 0. The van der Waals surface area contributed by atoms with Crippen LogP contribution >= 0.6 is 0 Å². The van der Waals surface area contributed by atoms with E-state index < -0.39 is 0 Å². The normalized spacial score (nSPS) is 13.8. The number of nitrogens with zero attached hydrogens (tertiary/aromatic N) is 2. The Bertz CT molecular complexity index is 313. The molecular formula is C16H30N2O4. The van der Waals surface area contributed by atoms with Gasteiger partial charge in [-0.15, -0.1) is 0 Å². The monoisotopic (exact) mass is 314 g/mol. The van der Waals surface area contributed by atoms with Crippen molar-refractivity contribution < 1.29 is 19.1 Å². The van der Waals surface area contributed by atoms with Crippen LogP contribution in [0.5, 0.6) is 0 Å². The molecule has 0 fully saturated rings. The van der Waals surface area contributed by atoms with E-state index in [2.05, 4.69) is 10.2 Å². The molecule has 2 atom stereocenters. The summed E-state index contributed by atoms with van der Waals surface area (Å²) in [6, 6.07) is 0. The first-order valence-electron chi connectivity index (χ1n) is 8.19. The fourth-order valence-corrected chi connectivity index (χ4v) is 1.88. The van der Waals surface area contributed by atoms with E-state index in [-0.39, 0.29) is 23.8 Å². The number of carbonyl (C=O) groups excluding carboxylic acids is 2. The van der Waals surface area contributed by atoms with Crippen molar-refractivity contribution in [3.8, 4) is 0 Å². The highest BCUT2D eigenvalue weighted by molar-refractivity contribution is 5.72. The van der Waals surface area contributed by atoms with Crippen LogP contribution in [0, 0.1) is 11.8 Å². The highest BCUT2D eigenvalue weighted by Crippen LogP contribution is 2.09. The average Bonchev–Trinajstić information content (AvgIpc) is 2.49. The Labute approximate surface area is 133 Å². The second-order valence-electron chi connectivity index (χ2n) is 5.32. The smallest absolute Gasteiger partial charge is 0.308 e. The number of carbonyl (C=O) groups is 2. The molecule has 0 radical (unpaired) electrons. The maximum Gasteiger partial charge on any atom is 0.308 e. The van der Waals surface area contributed by atoms with Gasteiger partial charge in [-0.25, -0.2) is 0 Å². The molecule has 0 rings (SSSR count). The minimum absolute atomic E-state index is 0.0828. The molecule has 0 amide bonds. The van der Waals surface area contributed by atoms with E-state index in [4.69, 9.17) is 9.47 Å². The maximum absolute atomic E-state index is 11.4. The summed E-state index contributed by atoms with van der Waals surface area (Å²) in [5, 5.41) is 8.17. The zero-order valence-corrected chi connectivity index (χ0v) is 14.3.